The summed E-state index contributed by atoms with van der Waals surface area (Å²) in [7, 11) is -1.80. The van der Waals surface area contributed by atoms with Crippen molar-refractivity contribution in [3.8, 4) is 17.0 Å². The van der Waals surface area contributed by atoms with Crippen LogP contribution in [0.2, 0.25) is 0 Å². The second-order valence-electron chi connectivity index (χ2n) is 6.99. The maximum Gasteiger partial charge on any atom is 0.243 e. The largest absolute Gasteiger partial charge is 0.497 e. The molecule has 2 heterocycles. The molecule has 158 valence electrons. The average Bonchev–Trinajstić information content (AvgIpc) is 3.23. The monoisotopic (exact) mass is 507 g/mol. The Kier molecular flexibility index (Phi) is 6.54. The topological polar surface area (TPSA) is 62.7 Å². The number of ether oxygens (including phenoxy) is 1. The van der Waals surface area contributed by atoms with Gasteiger partial charge in [0.1, 0.15) is 10.8 Å². The third kappa shape index (κ3) is 4.76. The highest BCUT2D eigenvalue weighted by molar-refractivity contribution is 9.10. The van der Waals surface area contributed by atoms with E-state index in [1.54, 1.807) is 47.0 Å². The van der Waals surface area contributed by atoms with Gasteiger partial charge in [0.2, 0.25) is 10.0 Å². The molecule has 0 saturated carbocycles. The quantitative estimate of drug-likeness (QED) is 0.502. The van der Waals surface area contributed by atoms with E-state index in [0.29, 0.717) is 31.1 Å². The molecule has 0 aliphatic carbocycles. The molecular formula is C21H22BrN3O3S2. The van der Waals surface area contributed by atoms with Crippen LogP contribution in [0.5, 0.6) is 5.75 Å². The molecule has 1 aliphatic heterocycles. The highest BCUT2D eigenvalue weighted by atomic mass is 79.9. The summed E-state index contributed by atoms with van der Waals surface area (Å²) in [6, 6.07) is 14.7. The van der Waals surface area contributed by atoms with Crippen LogP contribution in [0.1, 0.15) is 5.01 Å². The number of rotatable bonds is 6. The van der Waals surface area contributed by atoms with E-state index in [0.717, 1.165) is 33.0 Å². The first-order valence-corrected chi connectivity index (χ1v) is 12.6. The summed E-state index contributed by atoms with van der Waals surface area (Å²) in [4.78, 5) is 7.35. The Bertz CT molecular complexity index is 1110. The Morgan fingerprint density at radius 1 is 1.10 bits per heavy atom. The first kappa shape index (κ1) is 21.5. The van der Waals surface area contributed by atoms with Crippen LogP contribution in [0.4, 0.5) is 0 Å². The van der Waals surface area contributed by atoms with Gasteiger partial charge >= 0.3 is 0 Å². The number of nitrogens with zero attached hydrogens (tertiary/aromatic N) is 3. The van der Waals surface area contributed by atoms with Gasteiger partial charge in [0.05, 0.1) is 24.2 Å². The van der Waals surface area contributed by atoms with Crippen molar-refractivity contribution >= 4 is 37.3 Å². The molecule has 0 unspecified atom stereocenters. The van der Waals surface area contributed by atoms with E-state index in [1.165, 1.54) is 0 Å². The zero-order valence-electron chi connectivity index (χ0n) is 16.5. The minimum absolute atomic E-state index is 0.335. The first-order valence-electron chi connectivity index (χ1n) is 9.52. The van der Waals surface area contributed by atoms with Gasteiger partial charge in [-0.05, 0) is 36.4 Å². The third-order valence-corrected chi connectivity index (χ3v) is 8.33. The van der Waals surface area contributed by atoms with Crippen molar-refractivity contribution < 1.29 is 13.2 Å². The summed E-state index contributed by atoms with van der Waals surface area (Å²) in [5.74, 6) is 0.810. The number of hydrogen-bond donors (Lipinski definition) is 0. The van der Waals surface area contributed by atoms with E-state index < -0.39 is 10.0 Å². The van der Waals surface area contributed by atoms with E-state index in [-0.39, 0.29) is 0 Å². The number of methoxy groups -OCH3 is 1. The molecule has 1 aliphatic rings. The van der Waals surface area contributed by atoms with Crippen LogP contribution < -0.4 is 4.74 Å². The zero-order chi connectivity index (χ0) is 21.1. The Balaban J connectivity index is 1.37. The lowest BCUT2D eigenvalue weighted by atomic mass is 10.2. The van der Waals surface area contributed by atoms with E-state index >= 15 is 0 Å². The van der Waals surface area contributed by atoms with Crippen LogP contribution in [0.3, 0.4) is 0 Å². The lowest BCUT2D eigenvalue weighted by Gasteiger charge is -2.33. The maximum atomic E-state index is 12.8. The zero-order valence-corrected chi connectivity index (χ0v) is 19.7. The van der Waals surface area contributed by atoms with Gasteiger partial charge in [-0.15, -0.1) is 11.3 Å². The predicted molar refractivity (Wildman–Crippen MR) is 122 cm³/mol. The molecule has 1 saturated heterocycles. The molecule has 6 nitrogen and oxygen atoms in total. The summed E-state index contributed by atoms with van der Waals surface area (Å²) in [5.41, 5.74) is 1.97. The Morgan fingerprint density at radius 2 is 1.83 bits per heavy atom. The van der Waals surface area contributed by atoms with Gasteiger partial charge in [-0.3, -0.25) is 4.90 Å². The van der Waals surface area contributed by atoms with Crippen LogP contribution in [0.25, 0.3) is 11.3 Å². The van der Waals surface area contributed by atoms with Gasteiger partial charge in [0, 0.05) is 41.6 Å². The van der Waals surface area contributed by atoms with Crippen LogP contribution in [0, 0.1) is 0 Å². The van der Waals surface area contributed by atoms with Crippen molar-refractivity contribution in [3.63, 3.8) is 0 Å². The highest BCUT2D eigenvalue weighted by Crippen LogP contribution is 2.26. The molecule has 1 fully saturated rings. The number of benzene rings is 2. The summed E-state index contributed by atoms with van der Waals surface area (Å²) >= 11 is 4.97. The summed E-state index contributed by atoms with van der Waals surface area (Å²) in [6.45, 7) is 3.05. The standard InChI is InChI=1S/C21H22BrN3O3S2/c1-28-18-4-2-3-16(13-18)20-15-29-21(23-20)14-24-9-11-25(12-10-24)30(26,27)19-7-5-17(22)6-8-19/h2-8,13,15H,9-12,14H2,1H3. The van der Waals surface area contributed by atoms with E-state index in [1.807, 2.05) is 24.3 Å². The summed E-state index contributed by atoms with van der Waals surface area (Å²) in [6.07, 6.45) is 0. The third-order valence-electron chi connectivity index (χ3n) is 5.06. The number of aromatic nitrogens is 1. The van der Waals surface area contributed by atoms with Gasteiger partial charge in [0.25, 0.3) is 0 Å². The highest BCUT2D eigenvalue weighted by Gasteiger charge is 2.28. The molecule has 0 bridgehead atoms. The molecule has 2 aromatic carbocycles. The van der Waals surface area contributed by atoms with Gasteiger partial charge in [-0.2, -0.15) is 4.31 Å². The molecule has 0 radical (unpaired) electrons. The number of piperazine rings is 1. The van der Waals surface area contributed by atoms with Crippen molar-refractivity contribution in [3.05, 3.63) is 63.4 Å². The van der Waals surface area contributed by atoms with Crippen molar-refractivity contribution in [2.24, 2.45) is 0 Å². The maximum absolute atomic E-state index is 12.8. The van der Waals surface area contributed by atoms with Gasteiger partial charge in [0.15, 0.2) is 0 Å². The van der Waals surface area contributed by atoms with Crippen LogP contribution in [-0.2, 0) is 16.6 Å². The van der Waals surface area contributed by atoms with E-state index in [2.05, 4.69) is 26.2 Å². The normalized spacial score (nSPS) is 15.9. The Morgan fingerprint density at radius 3 is 2.53 bits per heavy atom. The fourth-order valence-electron chi connectivity index (χ4n) is 3.37. The molecule has 1 aromatic heterocycles. The van der Waals surface area contributed by atoms with Crippen molar-refractivity contribution in [2.45, 2.75) is 11.4 Å². The van der Waals surface area contributed by atoms with Crippen molar-refractivity contribution in [1.29, 1.82) is 0 Å². The van der Waals surface area contributed by atoms with Crippen LogP contribution in [0.15, 0.2) is 63.3 Å². The second kappa shape index (κ2) is 9.15. The molecule has 3 aromatic rings. The number of hydrogen-bond acceptors (Lipinski definition) is 6. The number of sulfonamides is 1. The molecule has 0 atom stereocenters. The molecule has 30 heavy (non-hydrogen) atoms. The first-order chi connectivity index (χ1) is 14.5. The van der Waals surface area contributed by atoms with Gasteiger partial charge in [-0.25, -0.2) is 13.4 Å². The average molecular weight is 508 g/mol. The molecule has 0 spiro atoms. The van der Waals surface area contributed by atoms with Crippen molar-refractivity contribution in [1.82, 2.24) is 14.2 Å². The lowest BCUT2D eigenvalue weighted by molar-refractivity contribution is 0.181. The van der Waals surface area contributed by atoms with Gasteiger partial charge in [-0.1, -0.05) is 28.1 Å². The summed E-state index contributed by atoms with van der Waals surface area (Å²) in [5, 5.41) is 3.08. The second-order valence-corrected chi connectivity index (χ2v) is 10.8. The SMILES string of the molecule is COc1cccc(-c2csc(CN3CCN(S(=O)(=O)c4ccc(Br)cc4)CC3)n2)c1. The number of thiazole rings is 1. The van der Waals surface area contributed by atoms with Crippen LogP contribution in [-0.4, -0.2) is 55.9 Å². The molecule has 9 heteroatoms. The number of halogens is 1. The molecule has 4 rings (SSSR count). The van der Waals surface area contributed by atoms with Crippen molar-refractivity contribution in [2.75, 3.05) is 33.3 Å². The Hall–Kier alpha value is -1.78. The molecular weight excluding hydrogens is 486 g/mol. The Labute approximate surface area is 189 Å². The minimum atomic E-state index is -3.45. The predicted octanol–water partition coefficient (Wildman–Crippen LogP) is 4.09. The fourth-order valence-corrected chi connectivity index (χ4v) is 5.90. The van der Waals surface area contributed by atoms with E-state index in [9.17, 15) is 8.42 Å². The van der Waals surface area contributed by atoms with E-state index in [4.69, 9.17) is 9.72 Å². The minimum Gasteiger partial charge on any atom is -0.497 e. The molecule has 0 amide bonds. The fraction of sp³-hybridized carbons (Fsp3) is 0.286. The smallest absolute Gasteiger partial charge is 0.243 e. The van der Waals surface area contributed by atoms with Gasteiger partial charge < -0.3 is 4.74 Å². The summed E-state index contributed by atoms with van der Waals surface area (Å²) < 4.78 is 33.4. The molecule has 0 N–H and O–H groups in total. The lowest BCUT2D eigenvalue weighted by Crippen LogP contribution is -2.48. The van der Waals surface area contributed by atoms with Crippen LogP contribution >= 0.6 is 27.3 Å².